The second kappa shape index (κ2) is 2.85. The van der Waals surface area contributed by atoms with Crippen LogP contribution in [0.5, 0.6) is 0 Å². The van der Waals surface area contributed by atoms with Gasteiger partial charge in [0.1, 0.15) is 6.07 Å². The van der Waals surface area contributed by atoms with Gasteiger partial charge >= 0.3 is 0 Å². The normalized spacial score (nSPS) is 9.18. The molecule has 1 heterocycles. The molecule has 0 N–H and O–H groups in total. The lowest BCUT2D eigenvalue weighted by Gasteiger charge is -1.89. The van der Waals surface area contributed by atoms with E-state index in [-0.39, 0.29) is 5.78 Å². The number of nitriles is 1. The van der Waals surface area contributed by atoms with Gasteiger partial charge in [0.25, 0.3) is 0 Å². The van der Waals surface area contributed by atoms with Crippen LogP contribution in [0.3, 0.4) is 0 Å². The van der Waals surface area contributed by atoms with Crippen LogP contribution < -0.4 is 0 Å². The minimum absolute atomic E-state index is 0.0361. The highest BCUT2D eigenvalue weighted by Gasteiger charge is 2.09. The molecule has 1 rings (SSSR count). The van der Waals surface area contributed by atoms with E-state index in [0.29, 0.717) is 10.4 Å². The van der Waals surface area contributed by atoms with Crippen LogP contribution in [0.2, 0.25) is 0 Å². The summed E-state index contributed by atoms with van der Waals surface area (Å²) in [5.74, 6) is 0.0361. The summed E-state index contributed by atoms with van der Waals surface area (Å²) >= 11 is 1.34. The molecule has 1 aromatic heterocycles. The monoisotopic (exact) mass is 165 g/mol. The van der Waals surface area contributed by atoms with E-state index < -0.39 is 0 Å². The van der Waals surface area contributed by atoms with Crippen molar-refractivity contribution in [1.82, 2.24) is 0 Å². The number of ketones is 1. The van der Waals surface area contributed by atoms with Crippen molar-refractivity contribution in [3.8, 4) is 6.07 Å². The summed E-state index contributed by atoms with van der Waals surface area (Å²) in [6.07, 6.45) is 0. The number of carbonyl (C=O) groups is 1. The van der Waals surface area contributed by atoms with Gasteiger partial charge in [-0.25, -0.2) is 0 Å². The molecule has 0 aliphatic heterocycles. The van der Waals surface area contributed by atoms with E-state index in [4.69, 9.17) is 5.26 Å². The Morgan fingerprint density at radius 1 is 1.73 bits per heavy atom. The number of nitrogens with zero attached hydrogens (tertiary/aromatic N) is 1. The predicted octanol–water partition coefficient (Wildman–Crippen LogP) is 2.13. The fraction of sp³-hybridized carbons (Fsp3) is 0.250. The first-order valence-corrected chi connectivity index (χ1v) is 4.04. The Morgan fingerprint density at radius 2 is 2.36 bits per heavy atom. The minimum Gasteiger partial charge on any atom is -0.294 e. The Balaban J connectivity index is 3.24. The maximum absolute atomic E-state index is 10.9. The zero-order valence-electron chi connectivity index (χ0n) is 6.34. The smallest absolute Gasteiger partial charge is 0.170 e. The summed E-state index contributed by atoms with van der Waals surface area (Å²) in [6, 6.07) is 2.03. The van der Waals surface area contributed by atoms with Gasteiger partial charge in [0.05, 0.1) is 10.4 Å². The molecule has 56 valence electrons. The lowest BCUT2D eigenvalue weighted by atomic mass is 10.1. The first-order chi connectivity index (χ1) is 5.16. The van der Waals surface area contributed by atoms with Crippen LogP contribution in [-0.2, 0) is 0 Å². The molecule has 0 unspecified atom stereocenters. The molecule has 0 saturated carbocycles. The molecule has 0 saturated heterocycles. The van der Waals surface area contributed by atoms with Crippen molar-refractivity contribution in [2.75, 3.05) is 0 Å². The highest BCUT2D eigenvalue weighted by atomic mass is 32.1. The van der Waals surface area contributed by atoms with Gasteiger partial charge in [-0.1, -0.05) is 0 Å². The molecule has 1 aromatic rings. The van der Waals surface area contributed by atoms with Crippen molar-refractivity contribution in [2.45, 2.75) is 13.8 Å². The molecular formula is C8H7NOS. The van der Waals surface area contributed by atoms with Gasteiger partial charge in [-0.05, 0) is 19.4 Å². The summed E-state index contributed by atoms with van der Waals surface area (Å²) in [6.45, 7) is 3.31. The zero-order valence-corrected chi connectivity index (χ0v) is 7.16. The molecular weight excluding hydrogens is 158 g/mol. The zero-order chi connectivity index (χ0) is 8.43. The number of rotatable bonds is 1. The molecule has 2 nitrogen and oxygen atoms in total. The summed E-state index contributed by atoms with van der Waals surface area (Å²) in [4.78, 5) is 11.6. The molecule has 0 atom stereocenters. The van der Waals surface area contributed by atoms with Gasteiger partial charge in [-0.3, -0.25) is 4.79 Å². The van der Waals surface area contributed by atoms with E-state index >= 15 is 0 Å². The average molecular weight is 165 g/mol. The molecule has 0 radical (unpaired) electrons. The number of Topliss-reactive ketones (excluding diaryl/α,β-unsaturated/α-hetero) is 1. The van der Waals surface area contributed by atoms with Crippen molar-refractivity contribution in [3.63, 3.8) is 0 Å². The summed E-state index contributed by atoms with van der Waals surface area (Å²) < 4.78 is 0. The average Bonchev–Trinajstić information content (AvgIpc) is 2.30. The van der Waals surface area contributed by atoms with E-state index in [9.17, 15) is 4.79 Å². The maximum Gasteiger partial charge on any atom is 0.170 e. The van der Waals surface area contributed by atoms with Crippen molar-refractivity contribution in [3.05, 3.63) is 21.4 Å². The van der Waals surface area contributed by atoms with Crippen LogP contribution in [0.1, 0.15) is 27.7 Å². The van der Waals surface area contributed by atoms with E-state index in [0.717, 1.165) is 5.56 Å². The van der Waals surface area contributed by atoms with Gasteiger partial charge < -0.3 is 0 Å². The quantitative estimate of drug-likeness (QED) is 0.598. The van der Waals surface area contributed by atoms with Crippen LogP contribution >= 0.6 is 11.3 Å². The van der Waals surface area contributed by atoms with Crippen molar-refractivity contribution in [1.29, 1.82) is 5.26 Å². The topological polar surface area (TPSA) is 40.9 Å². The van der Waals surface area contributed by atoms with Crippen LogP contribution in [0.25, 0.3) is 0 Å². The predicted molar refractivity (Wildman–Crippen MR) is 43.8 cm³/mol. The van der Waals surface area contributed by atoms with Crippen molar-refractivity contribution >= 4 is 17.1 Å². The van der Waals surface area contributed by atoms with Gasteiger partial charge in [-0.15, -0.1) is 11.3 Å². The number of carbonyl (C=O) groups excluding carboxylic acids is 1. The Hall–Kier alpha value is -1.14. The lowest BCUT2D eigenvalue weighted by Crippen LogP contribution is -1.90. The SMILES string of the molecule is CC(=O)c1scc(C#N)c1C. The van der Waals surface area contributed by atoms with Gasteiger partial charge in [0.15, 0.2) is 5.78 Å². The van der Waals surface area contributed by atoms with E-state index in [2.05, 4.69) is 0 Å². The lowest BCUT2D eigenvalue weighted by molar-refractivity contribution is 0.102. The molecule has 0 fully saturated rings. The molecule has 11 heavy (non-hydrogen) atoms. The Kier molecular flexibility index (Phi) is 2.06. The van der Waals surface area contributed by atoms with Crippen LogP contribution in [0.15, 0.2) is 5.38 Å². The summed E-state index contributed by atoms with van der Waals surface area (Å²) in [5.41, 5.74) is 1.42. The standard InChI is InChI=1S/C8H7NOS/c1-5-7(3-9)4-11-8(5)6(2)10/h4H,1-2H3. The Bertz CT molecular complexity index is 332. The van der Waals surface area contributed by atoms with Crippen LogP contribution in [-0.4, -0.2) is 5.78 Å². The molecule has 0 bridgehead atoms. The fourth-order valence-electron chi connectivity index (χ4n) is 0.874. The highest BCUT2D eigenvalue weighted by molar-refractivity contribution is 7.12. The molecule has 0 aliphatic carbocycles. The second-order valence-electron chi connectivity index (χ2n) is 2.27. The van der Waals surface area contributed by atoms with E-state index in [1.165, 1.54) is 18.3 Å². The van der Waals surface area contributed by atoms with Crippen LogP contribution in [0.4, 0.5) is 0 Å². The third kappa shape index (κ3) is 1.31. The third-order valence-corrected chi connectivity index (χ3v) is 2.66. The minimum atomic E-state index is 0.0361. The molecule has 0 aromatic carbocycles. The first kappa shape index (κ1) is 7.96. The molecule has 0 amide bonds. The second-order valence-corrected chi connectivity index (χ2v) is 3.15. The summed E-state index contributed by atoms with van der Waals surface area (Å²) in [5, 5.41) is 10.3. The van der Waals surface area contributed by atoms with Gasteiger partial charge in [0, 0.05) is 5.38 Å². The fourth-order valence-corrected chi connectivity index (χ4v) is 1.79. The molecule has 0 spiro atoms. The highest BCUT2D eigenvalue weighted by Crippen LogP contribution is 2.20. The Morgan fingerprint density at radius 3 is 2.64 bits per heavy atom. The summed E-state index contributed by atoms with van der Waals surface area (Å²) in [7, 11) is 0. The molecule has 0 aliphatic rings. The first-order valence-electron chi connectivity index (χ1n) is 3.16. The third-order valence-electron chi connectivity index (χ3n) is 1.48. The van der Waals surface area contributed by atoms with Crippen molar-refractivity contribution < 1.29 is 4.79 Å². The van der Waals surface area contributed by atoms with Gasteiger partial charge in [-0.2, -0.15) is 5.26 Å². The van der Waals surface area contributed by atoms with E-state index in [1.807, 2.05) is 6.07 Å². The number of hydrogen-bond acceptors (Lipinski definition) is 3. The Labute approximate surface area is 69.1 Å². The maximum atomic E-state index is 10.9. The number of hydrogen-bond donors (Lipinski definition) is 0. The van der Waals surface area contributed by atoms with Crippen LogP contribution in [0, 0.1) is 18.3 Å². The largest absolute Gasteiger partial charge is 0.294 e. The van der Waals surface area contributed by atoms with E-state index in [1.54, 1.807) is 12.3 Å². The molecule has 3 heteroatoms. The van der Waals surface area contributed by atoms with Gasteiger partial charge in [0.2, 0.25) is 0 Å². The number of thiophene rings is 1. The van der Waals surface area contributed by atoms with Crippen molar-refractivity contribution in [2.24, 2.45) is 0 Å².